The highest BCUT2D eigenvalue weighted by molar-refractivity contribution is 7.84. The van der Waals surface area contributed by atoms with E-state index in [1.807, 2.05) is 6.92 Å². The number of nitrogens with one attached hydrogen (secondary N) is 1. The number of anilines is 2. The Hall–Kier alpha value is -1.63. The van der Waals surface area contributed by atoms with Gasteiger partial charge in [-0.3, -0.25) is 4.21 Å². The molecule has 0 bridgehead atoms. The summed E-state index contributed by atoms with van der Waals surface area (Å²) in [5, 5.41) is 11.8. The molecule has 0 fully saturated rings. The Morgan fingerprint density at radius 1 is 1.58 bits per heavy atom. The SMILES string of the molecule is CC(CCS(C)=O)Nc1cc(C(=O)O)c(N)cc1F. The van der Waals surface area contributed by atoms with E-state index in [1.54, 1.807) is 6.26 Å². The van der Waals surface area contributed by atoms with Crippen molar-refractivity contribution in [3.63, 3.8) is 0 Å². The molecule has 0 aliphatic rings. The Kier molecular flexibility index (Phi) is 5.29. The maximum atomic E-state index is 13.7. The first-order valence-corrected chi connectivity index (χ1v) is 7.43. The van der Waals surface area contributed by atoms with Gasteiger partial charge in [-0.05, 0) is 25.5 Å². The second-order valence-electron chi connectivity index (χ2n) is 4.34. The number of benzene rings is 1. The van der Waals surface area contributed by atoms with Crippen LogP contribution in [0.25, 0.3) is 0 Å². The molecule has 0 spiro atoms. The average molecular weight is 288 g/mol. The zero-order valence-electron chi connectivity index (χ0n) is 10.8. The maximum absolute atomic E-state index is 13.7. The number of hydrogen-bond acceptors (Lipinski definition) is 4. The summed E-state index contributed by atoms with van der Waals surface area (Å²) in [6.45, 7) is 1.81. The molecule has 5 nitrogen and oxygen atoms in total. The molecule has 0 amide bonds. The number of halogens is 1. The standard InChI is InChI=1S/C12H17FN2O3S/c1-7(3-4-19(2)18)15-11-5-8(12(16)17)10(14)6-9(11)13/h5-7,15H,3-4,14H2,1-2H3,(H,16,17). The van der Waals surface area contributed by atoms with Crippen LogP contribution in [0.5, 0.6) is 0 Å². The summed E-state index contributed by atoms with van der Waals surface area (Å²) in [5.74, 6) is -1.31. The van der Waals surface area contributed by atoms with Gasteiger partial charge >= 0.3 is 5.97 Å². The van der Waals surface area contributed by atoms with Gasteiger partial charge in [0, 0.05) is 34.5 Å². The van der Waals surface area contributed by atoms with Crippen LogP contribution in [0.4, 0.5) is 15.8 Å². The highest BCUT2D eigenvalue weighted by atomic mass is 32.2. The third-order valence-electron chi connectivity index (χ3n) is 2.61. The predicted molar refractivity (Wildman–Crippen MR) is 74.4 cm³/mol. The van der Waals surface area contributed by atoms with Gasteiger partial charge in [-0.25, -0.2) is 9.18 Å². The molecule has 2 unspecified atom stereocenters. The van der Waals surface area contributed by atoms with E-state index >= 15 is 0 Å². The van der Waals surface area contributed by atoms with E-state index in [4.69, 9.17) is 10.8 Å². The minimum Gasteiger partial charge on any atom is -0.478 e. The summed E-state index contributed by atoms with van der Waals surface area (Å²) in [4.78, 5) is 10.9. The summed E-state index contributed by atoms with van der Waals surface area (Å²) in [6, 6.07) is 2.03. The van der Waals surface area contributed by atoms with Crippen LogP contribution in [0.15, 0.2) is 12.1 Å². The van der Waals surface area contributed by atoms with E-state index in [-0.39, 0.29) is 23.0 Å². The van der Waals surface area contributed by atoms with Crippen molar-refractivity contribution in [2.24, 2.45) is 0 Å². The van der Waals surface area contributed by atoms with Gasteiger partial charge < -0.3 is 16.2 Å². The molecule has 106 valence electrons. The average Bonchev–Trinajstić information content (AvgIpc) is 2.29. The fraction of sp³-hybridized carbons (Fsp3) is 0.417. The highest BCUT2D eigenvalue weighted by Crippen LogP contribution is 2.23. The molecule has 7 heteroatoms. The van der Waals surface area contributed by atoms with E-state index in [1.165, 1.54) is 6.07 Å². The number of hydrogen-bond donors (Lipinski definition) is 3. The largest absolute Gasteiger partial charge is 0.478 e. The van der Waals surface area contributed by atoms with Crippen LogP contribution < -0.4 is 11.1 Å². The smallest absolute Gasteiger partial charge is 0.337 e. The Morgan fingerprint density at radius 3 is 2.74 bits per heavy atom. The van der Waals surface area contributed by atoms with Gasteiger partial charge in [-0.15, -0.1) is 0 Å². The normalized spacial score (nSPS) is 13.8. The van der Waals surface area contributed by atoms with Crippen molar-refractivity contribution in [3.05, 3.63) is 23.5 Å². The number of aromatic carboxylic acids is 1. The molecular weight excluding hydrogens is 271 g/mol. The van der Waals surface area contributed by atoms with Crippen molar-refractivity contribution in [2.75, 3.05) is 23.1 Å². The molecule has 0 saturated heterocycles. The second-order valence-corrected chi connectivity index (χ2v) is 5.89. The van der Waals surface area contributed by atoms with Crippen LogP contribution in [-0.4, -0.2) is 33.3 Å². The molecule has 0 heterocycles. The van der Waals surface area contributed by atoms with Gasteiger partial charge in [0.1, 0.15) is 5.82 Å². The van der Waals surface area contributed by atoms with Gasteiger partial charge in [-0.1, -0.05) is 0 Å². The van der Waals surface area contributed by atoms with E-state index in [9.17, 15) is 13.4 Å². The summed E-state index contributed by atoms with van der Waals surface area (Å²) in [7, 11) is -0.913. The molecule has 0 aromatic heterocycles. The number of rotatable bonds is 6. The van der Waals surface area contributed by atoms with Gasteiger partial charge in [-0.2, -0.15) is 0 Å². The minimum atomic E-state index is -1.21. The third kappa shape index (κ3) is 4.51. The third-order valence-corrected chi connectivity index (χ3v) is 3.42. The Balaban J connectivity index is 2.85. The van der Waals surface area contributed by atoms with Crippen LogP contribution in [-0.2, 0) is 10.8 Å². The molecule has 1 aromatic rings. The summed E-state index contributed by atoms with van der Waals surface area (Å²) < 4.78 is 24.6. The molecular formula is C12H17FN2O3S. The first-order valence-electron chi connectivity index (χ1n) is 5.70. The van der Waals surface area contributed by atoms with Gasteiger partial charge in [0.2, 0.25) is 0 Å². The summed E-state index contributed by atoms with van der Waals surface area (Å²) in [5.41, 5.74) is 5.26. The van der Waals surface area contributed by atoms with Crippen molar-refractivity contribution >= 4 is 28.1 Å². The van der Waals surface area contributed by atoms with Crippen molar-refractivity contribution < 1.29 is 18.5 Å². The first kappa shape index (κ1) is 15.4. The Labute approximate surface area is 113 Å². The molecule has 0 radical (unpaired) electrons. The lowest BCUT2D eigenvalue weighted by atomic mass is 10.1. The van der Waals surface area contributed by atoms with Crippen molar-refractivity contribution in [3.8, 4) is 0 Å². The van der Waals surface area contributed by atoms with E-state index < -0.39 is 22.6 Å². The number of carbonyl (C=O) groups is 1. The number of carboxylic acid groups (broad SMARTS) is 1. The van der Waals surface area contributed by atoms with Crippen LogP contribution in [0.1, 0.15) is 23.7 Å². The van der Waals surface area contributed by atoms with Crippen LogP contribution >= 0.6 is 0 Å². The zero-order chi connectivity index (χ0) is 14.6. The monoisotopic (exact) mass is 288 g/mol. The Morgan fingerprint density at radius 2 is 2.21 bits per heavy atom. The lowest BCUT2D eigenvalue weighted by Crippen LogP contribution is -2.19. The van der Waals surface area contributed by atoms with Crippen molar-refractivity contribution in [1.29, 1.82) is 0 Å². The number of carboxylic acids is 1. The fourth-order valence-electron chi connectivity index (χ4n) is 1.56. The van der Waals surface area contributed by atoms with Gasteiger partial charge in [0.25, 0.3) is 0 Å². The van der Waals surface area contributed by atoms with Gasteiger partial charge in [0.15, 0.2) is 0 Å². The second kappa shape index (κ2) is 6.51. The predicted octanol–water partition coefficient (Wildman–Crippen LogP) is 1.68. The molecule has 0 aliphatic heterocycles. The quantitative estimate of drug-likeness (QED) is 0.693. The van der Waals surface area contributed by atoms with Crippen molar-refractivity contribution in [1.82, 2.24) is 0 Å². The molecule has 2 atom stereocenters. The van der Waals surface area contributed by atoms with E-state index in [0.717, 1.165) is 6.07 Å². The molecule has 4 N–H and O–H groups in total. The lowest BCUT2D eigenvalue weighted by Gasteiger charge is -2.16. The topological polar surface area (TPSA) is 92.4 Å². The fourth-order valence-corrected chi connectivity index (χ4v) is 2.25. The van der Waals surface area contributed by atoms with Gasteiger partial charge in [0.05, 0.1) is 11.3 Å². The molecule has 0 saturated carbocycles. The zero-order valence-corrected chi connectivity index (χ0v) is 11.6. The lowest BCUT2D eigenvalue weighted by molar-refractivity contribution is 0.0698. The number of nitrogen functional groups attached to an aromatic ring is 1. The molecule has 19 heavy (non-hydrogen) atoms. The summed E-state index contributed by atoms with van der Waals surface area (Å²) in [6.07, 6.45) is 2.19. The van der Waals surface area contributed by atoms with Crippen LogP contribution in [0, 0.1) is 5.82 Å². The Bertz CT molecular complexity index is 508. The number of nitrogens with two attached hydrogens (primary N) is 1. The van der Waals surface area contributed by atoms with Crippen LogP contribution in [0.3, 0.4) is 0 Å². The highest BCUT2D eigenvalue weighted by Gasteiger charge is 2.14. The van der Waals surface area contributed by atoms with Crippen LogP contribution in [0.2, 0.25) is 0 Å². The van der Waals surface area contributed by atoms with E-state index in [2.05, 4.69) is 5.32 Å². The minimum absolute atomic E-state index is 0.0842. The summed E-state index contributed by atoms with van der Waals surface area (Å²) >= 11 is 0. The maximum Gasteiger partial charge on any atom is 0.337 e. The van der Waals surface area contributed by atoms with E-state index in [0.29, 0.717) is 12.2 Å². The molecule has 1 rings (SSSR count). The first-order chi connectivity index (χ1) is 8.81. The molecule has 1 aromatic carbocycles. The van der Waals surface area contributed by atoms with Crippen molar-refractivity contribution in [2.45, 2.75) is 19.4 Å². The molecule has 0 aliphatic carbocycles.